The Morgan fingerprint density at radius 1 is 1.35 bits per heavy atom. The molecule has 0 saturated carbocycles. The van der Waals surface area contributed by atoms with E-state index in [9.17, 15) is 13.2 Å². The summed E-state index contributed by atoms with van der Waals surface area (Å²) in [6.45, 7) is 2.33. The topological polar surface area (TPSA) is 39.9 Å². The van der Waals surface area contributed by atoms with Gasteiger partial charge in [0.25, 0.3) is 0 Å². The summed E-state index contributed by atoms with van der Waals surface area (Å²) >= 11 is 0. The van der Waals surface area contributed by atoms with E-state index in [1.165, 1.54) is 0 Å². The molecule has 0 bridgehead atoms. The number of halogens is 3. The molecule has 2 aromatic rings. The molecule has 3 rings (SSSR count). The number of fused-ring (bicyclic) bond motifs is 1. The Morgan fingerprint density at radius 3 is 2.80 bits per heavy atom. The zero-order chi connectivity index (χ0) is 14.3. The average Bonchev–Trinajstić information content (AvgIpc) is 2.76. The number of rotatable bonds is 1. The SMILES string of the molecule is Cc1nn(C2CCCCO2)c2ncc(C(F)(F)F)cc12. The number of alkyl halides is 3. The first-order valence-electron chi connectivity index (χ1n) is 6.50. The maximum atomic E-state index is 12.7. The third kappa shape index (κ3) is 2.26. The van der Waals surface area contributed by atoms with E-state index in [2.05, 4.69) is 10.1 Å². The van der Waals surface area contributed by atoms with Crippen LogP contribution < -0.4 is 0 Å². The van der Waals surface area contributed by atoms with E-state index in [4.69, 9.17) is 4.74 Å². The first-order valence-corrected chi connectivity index (χ1v) is 6.50. The molecule has 1 saturated heterocycles. The van der Waals surface area contributed by atoms with Gasteiger partial charge < -0.3 is 4.74 Å². The van der Waals surface area contributed by atoms with Gasteiger partial charge in [0.05, 0.1) is 11.3 Å². The van der Waals surface area contributed by atoms with Crippen molar-refractivity contribution in [3.63, 3.8) is 0 Å². The number of aryl methyl sites for hydroxylation is 1. The zero-order valence-electron chi connectivity index (χ0n) is 10.9. The minimum Gasteiger partial charge on any atom is -0.356 e. The van der Waals surface area contributed by atoms with Gasteiger partial charge >= 0.3 is 6.18 Å². The van der Waals surface area contributed by atoms with Crippen molar-refractivity contribution in [3.05, 3.63) is 23.5 Å². The summed E-state index contributed by atoms with van der Waals surface area (Å²) in [6, 6.07) is 1.10. The van der Waals surface area contributed by atoms with Crippen LogP contribution in [0.5, 0.6) is 0 Å². The van der Waals surface area contributed by atoms with Crippen molar-refractivity contribution >= 4 is 11.0 Å². The van der Waals surface area contributed by atoms with Crippen LogP contribution in [0.1, 0.15) is 36.7 Å². The summed E-state index contributed by atoms with van der Waals surface area (Å²) in [7, 11) is 0. The van der Waals surface area contributed by atoms with Gasteiger partial charge in [-0.25, -0.2) is 9.67 Å². The van der Waals surface area contributed by atoms with Crippen LogP contribution >= 0.6 is 0 Å². The molecule has 1 unspecified atom stereocenters. The fourth-order valence-electron chi connectivity index (χ4n) is 2.44. The van der Waals surface area contributed by atoms with Crippen LogP contribution in [0, 0.1) is 6.92 Å². The van der Waals surface area contributed by atoms with E-state index in [1.54, 1.807) is 11.6 Å². The average molecular weight is 285 g/mol. The van der Waals surface area contributed by atoms with Crippen molar-refractivity contribution in [1.82, 2.24) is 14.8 Å². The van der Waals surface area contributed by atoms with Crippen LogP contribution in [0.4, 0.5) is 13.2 Å². The molecule has 2 aromatic heterocycles. The highest BCUT2D eigenvalue weighted by Crippen LogP contribution is 2.32. The molecule has 1 atom stereocenters. The van der Waals surface area contributed by atoms with Crippen LogP contribution in [0.25, 0.3) is 11.0 Å². The van der Waals surface area contributed by atoms with Gasteiger partial charge in [0, 0.05) is 18.2 Å². The molecule has 0 radical (unpaired) electrons. The minimum absolute atomic E-state index is 0.232. The van der Waals surface area contributed by atoms with Crippen LogP contribution in [0.2, 0.25) is 0 Å². The van der Waals surface area contributed by atoms with Crippen molar-refractivity contribution in [2.75, 3.05) is 6.61 Å². The molecule has 3 heterocycles. The van der Waals surface area contributed by atoms with Crippen LogP contribution in [0.15, 0.2) is 12.3 Å². The standard InChI is InChI=1S/C13H14F3N3O/c1-8-10-6-9(13(14,15)16)7-17-12(10)19(18-8)11-4-2-3-5-20-11/h6-7,11H,2-5H2,1H3. The number of aromatic nitrogens is 3. The van der Waals surface area contributed by atoms with Crippen molar-refractivity contribution < 1.29 is 17.9 Å². The van der Waals surface area contributed by atoms with Crippen molar-refractivity contribution in [3.8, 4) is 0 Å². The molecule has 0 aromatic carbocycles. The van der Waals surface area contributed by atoms with Crippen LogP contribution in [-0.4, -0.2) is 21.4 Å². The predicted molar refractivity (Wildman–Crippen MR) is 66.1 cm³/mol. The Hall–Kier alpha value is -1.63. The van der Waals surface area contributed by atoms with Gasteiger partial charge in [-0.2, -0.15) is 18.3 Å². The van der Waals surface area contributed by atoms with Crippen LogP contribution in [-0.2, 0) is 10.9 Å². The lowest BCUT2D eigenvalue weighted by Crippen LogP contribution is -2.19. The Morgan fingerprint density at radius 2 is 2.15 bits per heavy atom. The summed E-state index contributed by atoms with van der Waals surface area (Å²) < 4.78 is 45.4. The third-order valence-electron chi connectivity index (χ3n) is 3.49. The second kappa shape index (κ2) is 4.73. The lowest BCUT2D eigenvalue weighted by molar-refractivity contribution is -0.137. The number of nitrogens with zero attached hydrogens (tertiary/aromatic N) is 3. The van der Waals surface area contributed by atoms with Gasteiger partial charge in [0.2, 0.25) is 0 Å². The Kier molecular flexibility index (Phi) is 3.16. The molecule has 20 heavy (non-hydrogen) atoms. The lowest BCUT2D eigenvalue weighted by atomic mass is 10.2. The van der Waals surface area contributed by atoms with Gasteiger partial charge in [-0.3, -0.25) is 0 Å². The highest BCUT2D eigenvalue weighted by molar-refractivity contribution is 5.78. The van der Waals surface area contributed by atoms with E-state index in [0.717, 1.165) is 31.5 Å². The quantitative estimate of drug-likeness (QED) is 0.805. The molecule has 1 aliphatic heterocycles. The molecule has 0 spiro atoms. The predicted octanol–water partition coefficient (Wildman–Crippen LogP) is 3.46. The van der Waals surface area contributed by atoms with E-state index >= 15 is 0 Å². The van der Waals surface area contributed by atoms with Gasteiger partial charge in [-0.05, 0) is 32.3 Å². The van der Waals surface area contributed by atoms with Gasteiger partial charge in [-0.1, -0.05) is 0 Å². The van der Waals surface area contributed by atoms with Crippen molar-refractivity contribution in [2.24, 2.45) is 0 Å². The largest absolute Gasteiger partial charge is 0.417 e. The third-order valence-corrected chi connectivity index (χ3v) is 3.49. The Bertz CT molecular complexity index is 630. The lowest BCUT2D eigenvalue weighted by Gasteiger charge is -2.23. The molecule has 7 heteroatoms. The zero-order valence-corrected chi connectivity index (χ0v) is 10.9. The normalized spacial score (nSPS) is 20.5. The fourth-order valence-corrected chi connectivity index (χ4v) is 2.44. The second-order valence-corrected chi connectivity index (χ2v) is 4.94. The molecule has 0 aliphatic carbocycles. The number of hydrogen-bond acceptors (Lipinski definition) is 3. The highest BCUT2D eigenvalue weighted by Gasteiger charge is 2.32. The van der Waals surface area contributed by atoms with Crippen LogP contribution in [0.3, 0.4) is 0 Å². The van der Waals surface area contributed by atoms with E-state index < -0.39 is 11.7 Å². The fraction of sp³-hybridized carbons (Fsp3) is 0.538. The molecule has 1 fully saturated rings. The maximum Gasteiger partial charge on any atom is 0.417 e. The highest BCUT2D eigenvalue weighted by atomic mass is 19.4. The smallest absolute Gasteiger partial charge is 0.356 e. The molecule has 0 amide bonds. The first kappa shape index (κ1) is 13.4. The molecule has 4 nitrogen and oxygen atoms in total. The summed E-state index contributed by atoms with van der Waals surface area (Å²) in [4.78, 5) is 3.94. The van der Waals surface area contributed by atoms with E-state index in [1.807, 2.05) is 0 Å². The summed E-state index contributed by atoms with van der Waals surface area (Å²) in [5, 5.41) is 4.72. The Balaban J connectivity index is 2.07. The Labute approximate surface area is 113 Å². The molecular formula is C13H14F3N3O. The molecule has 1 aliphatic rings. The number of pyridine rings is 1. The van der Waals surface area contributed by atoms with E-state index in [-0.39, 0.29) is 6.23 Å². The second-order valence-electron chi connectivity index (χ2n) is 4.94. The van der Waals surface area contributed by atoms with Gasteiger partial charge in [0.15, 0.2) is 11.9 Å². The molecule has 0 N–H and O–H groups in total. The van der Waals surface area contributed by atoms with Gasteiger partial charge in [-0.15, -0.1) is 0 Å². The van der Waals surface area contributed by atoms with Crippen molar-refractivity contribution in [1.29, 1.82) is 0 Å². The summed E-state index contributed by atoms with van der Waals surface area (Å²) in [6.07, 6.45) is -0.950. The molecule has 108 valence electrons. The van der Waals surface area contributed by atoms with E-state index in [0.29, 0.717) is 23.3 Å². The number of hydrogen-bond donors (Lipinski definition) is 0. The molecular weight excluding hydrogens is 271 g/mol. The minimum atomic E-state index is -4.39. The first-order chi connectivity index (χ1) is 9.47. The monoisotopic (exact) mass is 285 g/mol. The maximum absolute atomic E-state index is 12.7. The van der Waals surface area contributed by atoms with Gasteiger partial charge in [0.1, 0.15) is 0 Å². The number of ether oxygens (including phenoxy) is 1. The summed E-state index contributed by atoms with van der Waals surface area (Å²) in [5.74, 6) is 0. The summed E-state index contributed by atoms with van der Waals surface area (Å²) in [5.41, 5.74) is 0.229. The van der Waals surface area contributed by atoms with Crippen molar-refractivity contribution in [2.45, 2.75) is 38.6 Å².